The maximum Gasteiger partial charge on any atom is 0.339 e. The number of hydrogen-bond donors (Lipinski definition) is 1. The number of hydrogen-bond acceptors (Lipinski definition) is 4. The quantitative estimate of drug-likeness (QED) is 0.586. The summed E-state index contributed by atoms with van der Waals surface area (Å²) in [6, 6.07) is 14.9. The lowest BCUT2D eigenvalue weighted by Gasteiger charge is -2.03. The number of carboxylic acid groups (broad SMARTS) is 1. The highest BCUT2D eigenvalue weighted by Crippen LogP contribution is 2.31. The molecule has 0 saturated heterocycles. The van der Waals surface area contributed by atoms with Crippen molar-refractivity contribution in [3.63, 3.8) is 0 Å². The van der Waals surface area contributed by atoms with Crippen molar-refractivity contribution < 1.29 is 23.5 Å². The Bertz CT molecular complexity index is 1050. The molecule has 0 aliphatic carbocycles. The van der Waals surface area contributed by atoms with Crippen LogP contribution in [0.5, 0.6) is 5.75 Å². The summed E-state index contributed by atoms with van der Waals surface area (Å²) in [5.74, 6) is 0.508. The van der Waals surface area contributed by atoms with Crippen LogP contribution in [0.3, 0.4) is 0 Å². The lowest BCUT2D eigenvalue weighted by Crippen LogP contribution is -1.96. The van der Waals surface area contributed by atoms with E-state index in [4.69, 9.17) is 18.7 Å². The highest BCUT2D eigenvalue weighted by Gasteiger charge is 2.14. The standard InChI is InChI=1S/C19H14O5/c1-11-15(19(20)21)9-13(23-11)10-22-12-6-7-18-16(8-12)14-4-2-3-5-17(14)24-18/h2-9H,10H2,1H3,(H,20,21). The molecule has 0 aliphatic heterocycles. The highest BCUT2D eigenvalue weighted by molar-refractivity contribution is 6.05. The number of benzene rings is 2. The van der Waals surface area contributed by atoms with E-state index in [1.807, 2.05) is 42.5 Å². The topological polar surface area (TPSA) is 72.8 Å². The van der Waals surface area contributed by atoms with E-state index in [9.17, 15) is 4.79 Å². The molecule has 5 nitrogen and oxygen atoms in total. The molecule has 2 aromatic heterocycles. The predicted molar refractivity (Wildman–Crippen MR) is 88.5 cm³/mol. The van der Waals surface area contributed by atoms with Crippen LogP contribution in [0.1, 0.15) is 21.9 Å². The molecule has 0 spiro atoms. The summed E-state index contributed by atoms with van der Waals surface area (Å²) < 4.78 is 16.9. The van der Waals surface area contributed by atoms with Crippen molar-refractivity contribution in [2.24, 2.45) is 0 Å². The summed E-state index contributed by atoms with van der Waals surface area (Å²) in [5.41, 5.74) is 1.79. The van der Waals surface area contributed by atoms with Gasteiger partial charge in [-0.25, -0.2) is 4.79 Å². The van der Waals surface area contributed by atoms with Crippen LogP contribution in [0.15, 0.2) is 57.4 Å². The van der Waals surface area contributed by atoms with E-state index in [2.05, 4.69) is 0 Å². The molecule has 2 heterocycles. The summed E-state index contributed by atoms with van der Waals surface area (Å²) in [6.07, 6.45) is 0. The second-order valence-corrected chi connectivity index (χ2v) is 5.53. The number of para-hydroxylation sites is 1. The fourth-order valence-corrected chi connectivity index (χ4v) is 2.78. The molecule has 1 N–H and O–H groups in total. The second kappa shape index (κ2) is 5.45. The van der Waals surface area contributed by atoms with Crippen LogP contribution in [0.2, 0.25) is 0 Å². The number of aryl methyl sites for hydroxylation is 1. The number of ether oxygens (including phenoxy) is 1. The summed E-state index contributed by atoms with van der Waals surface area (Å²) in [5, 5.41) is 11.1. The Labute approximate surface area is 137 Å². The van der Waals surface area contributed by atoms with Crippen molar-refractivity contribution in [3.05, 3.63) is 65.6 Å². The number of carbonyl (C=O) groups is 1. The number of furan rings is 2. The van der Waals surface area contributed by atoms with E-state index >= 15 is 0 Å². The van der Waals surface area contributed by atoms with Gasteiger partial charge in [0.25, 0.3) is 0 Å². The second-order valence-electron chi connectivity index (χ2n) is 5.53. The van der Waals surface area contributed by atoms with Gasteiger partial charge in [-0.2, -0.15) is 0 Å². The molecule has 120 valence electrons. The third-order valence-electron chi connectivity index (χ3n) is 3.93. The Hall–Kier alpha value is -3.21. The van der Waals surface area contributed by atoms with Crippen LogP contribution >= 0.6 is 0 Å². The van der Waals surface area contributed by atoms with Crippen LogP contribution in [-0.2, 0) is 6.61 Å². The zero-order valence-electron chi connectivity index (χ0n) is 12.9. The van der Waals surface area contributed by atoms with Gasteiger partial charge in [-0.3, -0.25) is 0 Å². The first-order valence-electron chi connectivity index (χ1n) is 7.48. The average Bonchev–Trinajstić information content (AvgIpc) is 3.13. The molecular weight excluding hydrogens is 308 g/mol. The van der Waals surface area contributed by atoms with E-state index < -0.39 is 5.97 Å². The lowest BCUT2D eigenvalue weighted by molar-refractivity contribution is 0.0695. The van der Waals surface area contributed by atoms with Gasteiger partial charge in [0, 0.05) is 10.8 Å². The van der Waals surface area contributed by atoms with Crippen LogP contribution in [-0.4, -0.2) is 11.1 Å². The van der Waals surface area contributed by atoms with Crippen molar-refractivity contribution in [1.82, 2.24) is 0 Å². The molecule has 0 unspecified atom stereocenters. The van der Waals surface area contributed by atoms with Crippen molar-refractivity contribution in [1.29, 1.82) is 0 Å². The van der Waals surface area contributed by atoms with E-state index in [-0.39, 0.29) is 12.2 Å². The Kier molecular flexibility index (Phi) is 3.27. The van der Waals surface area contributed by atoms with E-state index in [1.165, 1.54) is 6.07 Å². The number of carboxylic acids is 1. The summed E-state index contributed by atoms with van der Waals surface area (Å²) in [6.45, 7) is 1.78. The third kappa shape index (κ3) is 2.40. The van der Waals surface area contributed by atoms with Gasteiger partial charge in [-0.05, 0) is 37.3 Å². The zero-order chi connectivity index (χ0) is 16.7. The minimum atomic E-state index is -1.01. The first kappa shape index (κ1) is 14.4. The van der Waals surface area contributed by atoms with Gasteiger partial charge in [-0.1, -0.05) is 18.2 Å². The molecule has 0 atom stereocenters. The largest absolute Gasteiger partial charge is 0.486 e. The highest BCUT2D eigenvalue weighted by atomic mass is 16.5. The van der Waals surface area contributed by atoms with Crippen molar-refractivity contribution >= 4 is 27.9 Å². The SMILES string of the molecule is Cc1oc(COc2ccc3oc4ccccc4c3c2)cc1C(=O)O. The lowest BCUT2D eigenvalue weighted by atomic mass is 10.1. The van der Waals surface area contributed by atoms with Gasteiger partial charge in [-0.15, -0.1) is 0 Å². The Balaban J connectivity index is 1.61. The van der Waals surface area contributed by atoms with E-state index in [0.29, 0.717) is 17.3 Å². The normalized spacial score (nSPS) is 11.2. The minimum Gasteiger partial charge on any atom is -0.486 e. The monoisotopic (exact) mass is 322 g/mol. The average molecular weight is 322 g/mol. The van der Waals surface area contributed by atoms with Gasteiger partial charge in [0.2, 0.25) is 0 Å². The third-order valence-corrected chi connectivity index (χ3v) is 3.93. The molecule has 0 amide bonds. The summed E-state index contributed by atoms with van der Waals surface area (Å²) in [4.78, 5) is 11.0. The fraction of sp³-hybridized carbons (Fsp3) is 0.105. The summed E-state index contributed by atoms with van der Waals surface area (Å²) in [7, 11) is 0. The Morgan fingerprint density at radius 2 is 1.83 bits per heavy atom. The van der Waals surface area contributed by atoms with Gasteiger partial charge < -0.3 is 18.7 Å². The first-order chi connectivity index (χ1) is 11.6. The Morgan fingerprint density at radius 3 is 2.62 bits per heavy atom. The van der Waals surface area contributed by atoms with E-state index in [0.717, 1.165) is 21.9 Å². The maximum absolute atomic E-state index is 11.0. The maximum atomic E-state index is 11.0. The van der Waals surface area contributed by atoms with E-state index in [1.54, 1.807) is 6.92 Å². The van der Waals surface area contributed by atoms with Crippen LogP contribution in [0.25, 0.3) is 21.9 Å². The molecule has 4 aromatic rings. The Morgan fingerprint density at radius 1 is 1.04 bits per heavy atom. The number of fused-ring (bicyclic) bond motifs is 3. The van der Waals surface area contributed by atoms with Crippen molar-refractivity contribution in [3.8, 4) is 5.75 Å². The molecule has 0 radical (unpaired) electrons. The minimum absolute atomic E-state index is 0.157. The fourth-order valence-electron chi connectivity index (χ4n) is 2.78. The molecule has 0 bridgehead atoms. The van der Waals surface area contributed by atoms with Gasteiger partial charge in [0.05, 0.1) is 0 Å². The van der Waals surface area contributed by atoms with Crippen molar-refractivity contribution in [2.45, 2.75) is 13.5 Å². The zero-order valence-corrected chi connectivity index (χ0v) is 12.9. The summed E-state index contributed by atoms with van der Waals surface area (Å²) >= 11 is 0. The van der Waals surface area contributed by atoms with Gasteiger partial charge >= 0.3 is 5.97 Å². The first-order valence-corrected chi connectivity index (χ1v) is 7.48. The molecule has 2 aromatic carbocycles. The molecular formula is C19H14O5. The molecule has 4 rings (SSSR count). The molecule has 24 heavy (non-hydrogen) atoms. The van der Waals surface area contributed by atoms with Gasteiger partial charge in [0.1, 0.15) is 40.6 Å². The molecule has 0 aliphatic rings. The number of aromatic carboxylic acids is 1. The van der Waals surface area contributed by atoms with Crippen LogP contribution < -0.4 is 4.74 Å². The molecule has 5 heteroatoms. The molecule has 0 fully saturated rings. The van der Waals surface area contributed by atoms with Crippen molar-refractivity contribution in [2.75, 3.05) is 0 Å². The van der Waals surface area contributed by atoms with Gasteiger partial charge in [0.15, 0.2) is 0 Å². The number of rotatable bonds is 4. The molecule has 0 saturated carbocycles. The predicted octanol–water partition coefficient (Wildman–Crippen LogP) is 4.76. The smallest absolute Gasteiger partial charge is 0.339 e. The van der Waals surface area contributed by atoms with Crippen LogP contribution in [0.4, 0.5) is 0 Å². The van der Waals surface area contributed by atoms with Crippen LogP contribution in [0, 0.1) is 6.92 Å².